The van der Waals surface area contributed by atoms with Gasteiger partial charge in [0.2, 0.25) is 15.9 Å². The maximum absolute atomic E-state index is 12.5. The molecule has 1 saturated carbocycles. The van der Waals surface area contributed by atoms with E-state index in [4.69, 9.17) is 6.42 Å². The van der Waals surface area contributed by atoms with Gasteiger partial charge in [-0.1, -0.05) is 0 Å². The number of hydrogen-bond donors (Lipinski definition) is 1. The molecule has 2 aliphatic heterocycles. The number of nitrogens with one attached hydrogen (secondary N) is 1. The van der Waals surface area contributed by atoms with Crippen LogP contribution in [0, 0.1) is 12.3 Å². The normalized spacial score (nSPS) is 25.7. The molecule has 0 unspecified atom stereocenters. The minimum atomic E-state index is -3.33. The molecule has 0 radical (unpaired) electrons. The number of rotatable bonds is 7. The molecule has 7 nitrogen and oxygen atoms in total. The van der Waals surface area contributed by atoms with E-state index in [0.29, 0.717) is 32.4 Å². The fourth-order valence-electron chi connectivity index (χ4n) is 3.20. The van der Waals surface area contributed by atoms with Gasteiger partial charge in [0, 0.05) is 32.4 Å². The zero-order valence-corrected chi connectivity index (χ0v) is 13.9. The lowest BCUT2D eigenvalue weighted by Crippen LogP contribution is -2.49. The third-order valence-electron chi connectivity index (χ3n) is 4.95. The van der Waals surface area contributed by atoms with Crippen molar-refractivity contribution in [1.29, 1.82) is 0 Å². The number of terminal acetylenes is 1. The summed E-state index contributed by atoms with van der Waals surface area (Å²) in [5.41, 5.74) is -0.422. The Kier molecular flexibility index (Phi) is 4.19. The zero-order valence-electron chi connectivity index (χ0n) is 13.1. The van der Waals surface area contributed by atoms with Gasteiger partial charge in [0.25, 0.3) is 0 Å². The van der Waals surface area contributed by atoms with Gasteiger partial charge in [-0.25, -0.2) is 8.42 Å². The van der Waals surface area contributed by atoms with Gasteiger partial charge in [-0.15, -0.1) is 12.3 Å². The average Bonchev–Trinajstić information content (AvgIpc) is 3.40. The molecule has 23 heavy (non-hydrogen) atoms. The molecule has 0 aromatic heterocycles. The summed E-state index contributed by atoms with van der Waals surface area (Å²) >= 11 is 0. The van der Waals surface area contributed by atoms with Crippen LogP contribution >= 0.6 is 0 Å². The van der Waals surface area contributed by atoms with Crippen molar-refractivity contribution in [3.8, 4) is 12.3 Å². The van der Waals surface area contributed by atoms with Gasteiger partial charge in [-0.05, 0) is 25.7 Å². The standard InChI is InChI=1S/C15H22N4O3S/c1-2-3-6-15(17-18-15)9-10-16-13(20)12-19-11-4-5-14(7-8-14)23(19,21)22/h1H,3-12H2,(H,16,20). The van der Waals surface area contributed by atoms with Gasteiger partial charge in [0.15, 0.2) is 5.66 Å². The Morgan fingerprint density at radius 3 is 2.61 bits per heavy atom. The summed E-state index contributed by atoms with van der Waals surface area (Å²) in [5, 5.41) is 10.8. The Morgan fingerprint density at radius 1 is 1.26 bits per heavy atom. The van der Waals surface area contributed by atoms with Crippen LogP contribution in [0.2, 0.25) is 0 Å². The number of carbonyl (C=O) groups is 1. The van der Waals surface area contributed by atoms with Gasteiger partial charge < -0.3 is 5.32 Å². The molecule has 8 heteroatoms. The summed E-state index contributed by atoms with van der Waals surface area (Å²) in [6, 6.07) is 0. The number of amides is 1. The van der Waals surface area contributed by atoms with Crippen LogP contribution in [0.5, 0.6) is 0 Å². The van der Waals surface area contributed by atoms with E-state index in [1.807, 2.05) is 0 Å². The molecule has 3 aliphatic rings. The second-order valence-corrected chi connectivity index (χ2v) is 8.94. The van der Waals surface area contributed by atoms with Crippen LogP contribution in [-0.4, -0.2) is 48.7 Å². The molecule has 0 atom stereocenters. The first-order valence-corrected chi connectivity index (χ1v) is 9.51. The van der Waals surface area contributed by atoms with E-state index < -0.39 is 20.4 Å². The predicted molar refractivity (Wildman–Crippen MR) is 85.0 cm³/mol. The average molecular weight is 338 g/mol. The highest BCUT2D eigenvalue weighted by Crippen LogP contribution is 2.50. The lowest BCUT2D eigenvalue weighted by Gasteiger charge is -2.32. The van der Waals surface area contributed by atoms with Gasteiger partial charge in [0.1, 0.15) is 0 Å². The van der Waals surface area contributed by atoms with Crippen molar-refractivity contribution < 1.29 is 13.2 Å². The maximum atomic E-state index is 12.5. The minimum absolute atomic E-state index is 0.0876. The van der Waals surface area contributed by atoms with Gasteiger partial charge in [-0.2, -0.15) is 14.5 Å². The maximum Gasteiger partial charge on any atom is 0.235 e. The Bertz CT molecular complexity index is 655. The minimum Gasteiger partial charge on any atom is -0.355 e. The fraction of sp³-hybridized carbons (Fsp3) is 0.800. The molecule has 1 aliphatic carbocycles. The molecule has 2 fully saturated rings. The van der Waals surface area contributed by atoms with E-state index in [2.05, 4.69) is 21.5 Å². The predicted octanol–water partition coefficient (Wildman–Crippen LogP) is 1.03. The third-order valence-corrected chi connectivity index (χ3v) is 7.65. The SMILES string of the molecule is C#CCCC1(CCNC(=O)CN2CCCC3(CC3)S2(=O)=O)N=N1. The molecular formula is C15H22N4O3S. The van der Waals surface area contributed by atoms with Crippen LogP contribution in [0.25, 0.3) is 0 Å². The van der Waals surface area contributed by atoms with Gasteiger partial charge in [0.05, 0.1) is 11.3 Å². The van der Waals surface area contributed by atoms with Crippen LogP contribution in [0.1, 0.15) is 44.9 Å². The highest BCUT2D eigenvalue weighted by Gasteiger charge is 2.58. The van der Waals surface area contributed by atoms with Crippen molar-refractivity contribution in [2.24, 2.45) is 10.2 Å². The molecule has 0 aromatic rings. The molecule has 1 amide bonds. The van der Waals surface area contributed by atoms with E-state index in [1.54, 1.807) is 0 Å². The smallest absolute Gasteiger partial charge is 0.235 e. The summed E-state index contributed by atoms with van der Waals surface area (Å²) < 4.78 is 25.8. The molecule has 1 N–H and O–H groups in total. The number of sulfonamides is 1. The topological polar surface area (TPSA) is 91.2 Å². The Labute approximate surface area is 137 Å². The van der Waals surface area contributed by atoms with E-state index in [1.165, 1.54) is 4.31 Å². The van der Waals surface area contributed by atoms with E-state index in [-0.39, 0.29) is 12.5 Å². The number of carbonyl (C=O) groups excluding carboxylic acids is 1. The largest absolute Gasteiger partial charge is 0.355 e. The van der Waals surface area contributed by atoms with E-state index >= 15 is 0 Å². The monoisotopic (exact) mass is 338 g/mol. The first kappa shape index (κ1) is 16.4. The van der Waals surface area contributed by atoms with Crippen molar-refractivity contribution in [1.82, 2.24) is 9.62 Å². The zero-order chi connectivity index (χ0) is 16.6. The van der Waals surface area contributed by atoms with E-state index in [0.717, 1.165) is 25.7 Å². The number of hydrogen-bond acceptors (Lipinski definition) is 5. The molecule has 126 valence electrons. The highest BCUT2D eigenvalue weighted by molar-refractivity contribution is 7.90. The number of nitrogens with zero attached hydrogens (tertiary/aromatic N) is 3. The summed E-state index contributed by atoms with van der Waals surface area (Å²) in [4.78, 5) is 12.0. The third kappa shape index (κ3) is 3.26. The molecule has 1 spiro atoms. The van der Waals surface area contributed by atoms with Crippen LogP contribution in [0.15, 0.2) is 10.2 Å². The molecular weight excluding hydrogens is 316 g/mol. The molecule has 0 bridgehead atoms. The first-order valence-electron chi connectivity index (χ1n) is 8.07. The fourth-order valence-corrected chi connectivity index (χ4v) is 5.42. The quantitative estimate of drug-likeness (QED) is 0.703. The van der Waals surface area contributed by atoms with Crippen molar-refractivity contribution in [2.75, 3.05) is 19.6 Å². The van der Waals surface area contributed by atoms with Crippen LogP contribution < -0.4 is 5.32 Å². The molecule has 0 aromatic carbocycles. The lowest BCUT2D eigenvalue weighted by molar-refractivity contribution is -0.121. The highest BCUT2D eigenvalue weighted by atomic mass is 32.2. The summed E-state index contributed by atoms with van der Waals surface area (Å²) in [6.07, 6.45) is 10.2. The lowest BCUT2D eigenvalue weighted by atomic mass is 10.0. The van der Waals surface area contributed by atoms with Crippen molar-refractivity contribution >= 4 is 15.9 Å². The molecule has 3 rings (SSSR count). The molecule has 1 saturated heterocycles. The second-order valence-electron chi connectivity index (χ2n) is 6.61. The Balaban J connectivity index is 1.44. The second kappa shape index (κ2) is 5.87. The van der Waals surface area contributed by atoms with Crippen molar-refractivity contribution in [3.63, 3.8) is 0 Å². The first-order chi connectivity index (χ1) is 10.9. The summed E-state index contributed by atoms with van der Waals surface area (Å²) in [7, 11) is -3.33. The van der Waals surface area contributed by atoms with Gasteiger partial charge in [-0.3, -0.25) is 4.79 Å². The van der Waals surface area contributed by atoms with Crippen molar-refractivity contribution in [2.45, 2.75) is 55.4 Å². The van der Waals surface area contributed by atoms with Crippen LogP contribution in [-0.2, 0) is 14.8 Å². The summed E-state index contributed by atoms with van der Waals surface area (Å²) in [5.74, 6) is 2.29. The summed E-state index contributed by atoms with van der Waals surface area (Å²) in [6.45, 7) is 0.777. The van der Waals surface area contributed by atoms with Gasteiger partial charge >= 0.3 is 0 Å². The van der Waals surface area contributed by atoms with Crippen LogP contribution in [0.4, 0.5) is 0 Å². The van der Waals surface area contributed by atoms with E-state index in [9.17, 15) is 13.2 Å². The Morgan fingerprint density at radius 2 is 2.00 bits per heavy atom. The van der Waals surface area contributed by atoms with Crippen LogP contribution in [0.3, 0.4) is 0 Å². The van der Waals surface area contributed by atoms with Crippen molar-refractivity contribution in [3.05, 3.63) is 0 Å². The molecule has 2 heterocycles. The Hall–Kier alpha value is -1.46.